The third kappa shape index (κ3) is 6.76. The molecular formula is C25H30Cl2N2O5S. The Bertz CT molecular complexity index is 1190. The van der Waals surface area contributed by atoms with Gasteiger partial charge in [-0.3, -0.25) is 9.59 Å². The van der Waals surface area contributed by atoms with Gasteiger partial charge in [0.1, 0.15) is 0 Å². The van der Waals surface area contributed by atoms with Crippen LogP contribution in [-0.4, -0.2) is 49.1 Å². The first-order valence-corrected chi connectivity index (χ1v) is 14.0. The molecule has 7 nitrogen and oxygen atoms in total. The zero-order chi connectivity index (χ0) is 26.0. The zero-order valence-electron chi connectivity index (χ0n) is 19.9. The Labute approximate surface area is 216 Å². The minimum absolute atomic E-state index is 0.147. The summed E-state index contributed by atoms with van der Waals surface area (Å²) in [4.78, 5) is 27.5. The summed E-state index contributed by atoms with van der Waals surface area (Å²) in [5.74, 6) is -1.57. The SMILES string of the molecule is C[C@@H](CCNS(C)(=O)=O)N1C(=O)[C@@](C)(CC(=O)O)C[C@H](c2cccc(Cl)c2)[C@H]1c1ccc(Cl)cc1. The van der Waals surface area contributed by atoms with Gasteiger partial charge in [0, 0.05) is 28.5 Å². The molecule has 2 aromatic carbocycles. The molecule has 1 aliphatic heterocycles. The molecule has 10 heteroatoms. The molecule has 0 aromatic heterocycles. The summed E-state index contributed by atoms with van der Waals surface area (Å²) >= 11 is 12.5. The highest BCUT2D eigenvalue weighted by Gasteiger charge is 2.51. The van der Waals surface area contributed by atoms with E-state index in [4.69, 9.17) is 23.2 Å². The van der Waals surface area contributed by atoms with E-state index in [2.05, 4.69) is 4.72 Å². The van der Waals surface area contributed by atoms with Crippen molar-refractivity contribution >= 4 is 45.1 Å². The third-order valence-corrected chi connectivity index (χ3v) is 7.75. The molecule has 2 aromatic rings. The van der Waals surface area contributed by atoms with Crippen molar-refractivity contribution in [3.63, 3.8) is 0 Å². The lowest BCUT2D eigenvalue weighted by molar-refractivity contribution is -0.160. The fraction of sp³-hybridized carbons (Fsp3) is 0.440. The molecule has 1 fully saturated rings. The van der Waals surface area contributed by atoms with Crippen LogP contribution in [0.3, 0.4) is 0 Å². The molecule has 0 bridgehead atoms. The summed E-state index contributed by atoms with van der Waals surface area (Å²) in [6, 6.07) is 13.8. The van der Waals surface area contributed by atoms with Crippen LogP contribution >= 0.6 is 23.2 Å². The Hall–Kier alpha value is -2.13. The fourth-order valence-corrected chi connectivity index (χ4v) is 5.77. The van der Waals surface area contributed by atoms with Gasteiger partial charge in [0.15, 0.2) is 0 Å². The molecule has 0 radical (unpaired) electrons. The Morgan fingerprint density at radius 3 is 2.40 bits per heavy atom. The fourth-order valence-electron chi connectivity index (χ4n) is 4.95. The first-order valence-electron chi connectivity index (χ1n) is 11.3. The van der Waals surface area contributed by atoms with E-state index in [1.807, 2.05) is 37.3 Å². The number of benzene rings is 2. The molecule has 190 valence electrons. The van der Waals surface area contributed by atoms with Crippen molar-refractivity contribution < 1.29 is 23.1 Å². The van der Waals surface area contributed by atoms with E-state index < -0.39 is 27.4 Å². The Kier molecular flexibility index (Phi) is 8.52. The molecular weight excluding hydrogens is 511 g/mol. The van der Waals surface area contributed by atoms with Gasteiger partial charge in [-0.2, -0.15) is 0 Å². The van der Waals surface area contributed by atoms with Gasteiger partial charge in [-0.05, 0) is 55.2 Å². The van der Waals surface area contributed by atoms with Crippen LogP contribution in [0.5, 0.6) is 0 Å². The number of carboxylic acid groups (broad SMARTS) is 1. The number of hydrogen-bond donors (Lipinski definition) is 2. The van der Waals surface area contributed by atoms with Gasteiger partial charge < -0.3 is 10.0 Å². The highest BCUT2D eigenvalue weighted by molar-refractivity contribution is 7.88. The molecule has 1 heterocycles. The van der Waals surface area contributed by atoms with E-state index in [1.165, 1.54) is 0 Å². The maximum atomic E-state index is 14.0. The summed E-state index contributed by atoms with van der Waals surface area (Å²) in [7, 11) is -3.39. The van der Waals surface area contributed by atoms with Crippen molar-refractivity contribution in [2.24, 2.45) is 5.41 Å². The minimum Gasteiger partial charge on any atom is -0.481 e. The number of amides is 1. The van der Waals surface area contributed by atoms with Gasteiger partial charge in [0.25, 0.3) is 0 Å². The van der Waals surface area contributed by atoms with Crippen LogP contribution in [0.25, 0.3) is 0 Å². The number of carboxylic acids is 1. The summed E-state index contributed by atoms with van der Waals surface area (Å²) in [5, 5.41) is 10.7. The predicted molar refractivity (Wildman–Crippen MR) is 137 cm³/mol. The second-order valence-corrected chi connectivity index (χ2v) is 12.2. The first-order chi connectivity index (χ1) is 16.3. The number of nitrogens with zero attached hydrogens (tertiary/aromatic N) is 1. The average molecular weight is 541 g/mol. The number of likely N-dealkylation sites (tertiary alicyclic amines) is 1. The topological polar surface area (TPSA) is 104 Å². The highest BCUT2D eigenvalue weighted by Crippen LogP contribution is 2.52. The van der Waals surface area contributed by atoms with E-state index >= 15 is 0 Å². The third-order valence-electron chi connectivity index (χ3n) is 6.53. The van der Waals surface area contributed by atoms with Crippen LogP contribution in [0.1, 0.15) is 56.2 Å². The lowest BCUT2D eigenvalue weighted by atomic mass is 9.67. The largest absolute Gasteiger partial charge is 0.481 e. The smallest absolute Gasteiger partial charge is 0.304 e. The van der Waals surface area contributed by atoms with Gasteiger partial charge >= 0.3 is 5.97 Å². The van der Waals surface area contributed by atoms with Crippen LogP contribution in [0.2, 0.25) is 10.0 Å². The summed E-state index contributed by atoms with van der Waals surface area (Å²) in [5.41, 5.74) is 0.598. The normalized spacial score (nSPS) is 23.8. The van der Waals surface area contributed by atoms with E-state index in [1.54, 1.807) is 30.0 Å². The van der Waals surface area contributed by atoms with Crippen molar-refractivity contribution in [3.8, 4) is 0 Å². The molecule has 0 unspecified atom stereocenters. The molecule has 3 rings (SSSR count). The predicted octanol–water partition coefficient (Wildman–Crippen LogP) is 4.86. The van der Waals surface area contributed by atoms with Crippen LogP contribution in [-0.2, 0) is 19.6 Å². The molecule has 1 amide bonds. The van der Waals surface area contributed by atoms with Gasteiger partial charge in [-0.1, -0.05) is 54.4 Å². The molecule has 4 atom stereocenters. The molecule has 0 spiro atoms. The molecule has 2 N–H and O–H groups in total. The molecule has 1 aliphatic rings. The minimum atomic E-state index is -3.39. The molecule has 0 saturated carbocycles. The van der Waals surface area contributed by atoms with Crippen molar-refractivity contribution in [1.29, 1.82) is 0 Å². The van der Waals surface area contributed by atoms with E-state index in [9.17, 15) is 23.1 Å². The van der Waals surface area contributed by atoms with Gasteiger partial charge in [-0.15, -0.1) is 0 Å². The first kappa shape index (κ1) is 27.5. The monoisotopic (exact) mass is 540 g/mol. The van der Waals surface area contributed by atoms with Gasteiger partial charge in [0.05, 0.1) is 24.1 Å². The van der Waals surface area contributed by atoms with Crippen LogP contribution in [0.4, 0.5) is 0 Å². The van der Waals surface area contributed by atoms with Crippen LogP contribution in [0, 0.1) is 5.41 Å². The van der Waals surface area contributed by atoms with Crippen molar-refractivity contribution in [1.82, 2.24) is 9.62 Å². The molecule has 0 aliphatic carbocycles. The Balaban J connectivity index is 2.13. The molecule has 35 heavy (non-hydrogen) atoms. The zero-order valence-corrected chi connectivity index (χ0v) is 22.2. The number of carbonyl (C=O) groups excluding carboxylic acids is 1. The quantitative estimate of drug-likeness (QED) is 0.472. The van der Waals surface area contributed by atoms with Crippen LogP contribution < -0.4 is 4.72 Å². The standard InChI is InChI=1S/C25H30Cl2N2O5S/c1-16(11-12-28-35(3,33)34)29-23(17-7-9-19(26)10-8-17)21(18-5-4-6-20(27)13-18)14-25(2,24(29)32)15-22(30)31/h4-10,13,16,21,23,28H,11-12,14-15H2,1-3H3,(H,30,31)/t16-,21+,23+,25+/m0/s1. The highest BCUT2D eigenvalue weighted by atomic mass is 35.5. The Morgan fingerprint density at radius 1 is 1.17 bits per heavy atom. The lowest BCUT2D eigenvalue weighted by Crippen LogP contribution is -2.55. The van der Waals surface area contributed by atoms with E-state index in [-0.39, 0.29) is 30.8 Å². The number of aliphatic carboxylic acids is 1. The average Bonchev–Trinajstić information content (AvgIpc) is 2.74. The lowest BCUT2D eigenvalue weighted by Gasteiger charge is -2.51. The number of rotatable bonds is 9. The van der Waals surface area contributed by atoms with Crippen molar-refractivity contribution in [3.05, 3.63) is 69.7 Å². The van der Waals surface area contributed by atoms with Crippen molar-refractivity contribution in [2.75, 3.05) is 12.8 Å². The number of sulfonamides is 1. The van der Waals surface area contributed by atoms with Crippen molar-refractivity contribution in [2.45, 2.75) is 51.1 Å². The van der Waals surface area contributed by atoms with E-state index in [0.717, 1.165) is 17.4 Å². The van der Waals surface area contributed by atoms with Gasteiger partial charge in [0.2, 0.25) is 15.9 Å². The van der Waals surface area contributed by atoms with Gasteiger partial charge in [-0.25, -0.2) is 13.1 Å². The number of hydrogen-bond acceptors (Lipinski definition) is 4. The second kappa shape index (κ2) is 10.9. The number of nitrogens with one attached hydrogen (secondary N) is 1. The Morgan fingerprint density at radius 2 is 1.83 bits per heavy atom. The number of carbonyl (C=O) groups is 2. The summed E-state index contributed by atoms with van der Waals surface area (Å²) in [6.07, 6.45) is 1.44. The number of piperidine rings is 1. The summed E-state index contributed by atoms with van der Waals surface area (Å²) < 4.78 is 25.6. The summed E-state index contributed by atoms with van der Waals surface area (Å²) in [6.45, 7) is 3.69. The second-order valence-electron chi connectivity index (χ2n) is 9.51. The van der Waals surface area contributed by atoms with Crippen LogP contribution in [0.15, 0.2) is 48.5 Å². The number of halogens is 2. The maximum Gasteiger partial charge on any atom is 0.304 e. The molecule has 1 saturated heterocycles. The van der Waals surface area contributed by atoms with E-state index in [0.29, 0.717) is 22.9 Å². The maximum absolute atomic E-state index is 14.0.